The van der Waals surface area contributed by atoms with Crippen molar-refractivity contribution in [1.29, 1.82) is 0 Å². The van der Waals surface area contributed by atoms with Gasteiger partial charge in [0.2, 0.25) is 0 Å². The molecule has 287 valence electrons. The largest absolute Gasteiger partial charge is 0.456 e. The molecule has 5 heteroatoms. The van der Waals surface area contributed by atoms with Crippen LogP contribution in [0.3, 0.4) is 0 Å². The maximum Gasteiger partial charge on any atom is 0.197 e. The molecule has 0 saturated heterocycles. The molecule has 0 saturated carbocycles. The Balaban J connectivity index is 1.18. The van der Waals surface area contributed by atoms with Gasteiger partial charge in [0.1, 0.15) is 22.3 Å². The summed E-state index contributed by atoms with van der Waals surface area (Å²) in [7, 11) is 2.44. The Morgan fingerprint density at radius 3 is 2.02 bits per heavy atom. The average Bonchev–Trinajstić information content (AvgIpc) is 3.89. The Bertz CT molecular complexity index is 3420. The van der Waals surface area contributed by atoms with E-state index in [2.05, 4.69) is 181 Å². The lowest BCUT2D eigenvalue weighted by atomic mass is 9.58. The highest BCUT2D eigenvalue weighted by Gasteiger charge is 2.38. The number of anilines is 2. The van der Waals surface area contributed by atoms with Crippen molar-refractivity contribution >= 4 is 95.3 Å². The Hall–Kier alpha value is -6.20. The van der Waals surface area contributed by atoms with Gasteiger partial charge in [0, 0.05) is 66.5 Å². The van der Waals surface area contributed by atoms with Crippen LogP contribution in [0.1, 0.15) is 78.0 Å². The number of hydrogen-bond donors (Lipinski definition) is 1. The number of fused-ring (bicyclic) bond motifs is 13. The fourth-order valence-electron chi connectivity index (χ4n) is 10.5. The molecule has 0 atom stereocenters. The maximum atomic E-state index is 6.54. The molecule has 0 spiro atoms. The molecule has 10 aromatic rings. The zero-order chi connectivity index (χ0) is 40.2. The normalized spacial score (nSPS) is 15.6. The molecule has 59 heavy (non-hydrogen) atoms. The SMILES string of the molecule is CC(C)(C)c1ccc(Nc2cc3c(cc2-c2ccc4c5c6c(ccc5n5c4c2[B]c2cc4c(cc2-5)oc2ccccc24)oc2ccccc26)C(C)(C)CCC3(C)C)cc1. The number of para-hydroxylation sites is 2. The van der Waals surface area contributed by atoms with Gasteiger partial charge < -0.3 is 18.7 Å². The number of nitrogens with one attached hydrogen (secondary N) is 1. The fourth-order valence-corrected chi connectivity index (χ4v) is 10.5. The predicted molar refractivity (Wildman–Crippen MR) is 250 cm³/mol. The van der Waals surface area contributed by atoms with Gasteiger partial charge in [-0.3, -0.25) is 0 Å². The van der Waals surface area contributed by atoms with Gasteiger partial charge in [0.25, 0.3) is 0 Å². The molecule has 0 amide bonds. The van der Waals surface area contributed by atoms with Crippen molar-refractivity contribution in [3.8, 4) is 16.8 Å². The topological polar surface area (TPSA) is 43.2 Å². The third kappa shape index (κ3) is 4.97. The minimum Gasteiger partial charge on any atom is -0.456 e. The number of benzene rings is 7. The summed E-state index contributed by atoms with van der Waals surface area (Å²) < 4.78 is 15.5. The molecule has 4 nitrogen and oxygen atoms in total. The summed E-state index contributed by atoms with van der Waals surface area (Å²) in [6.07, 6.45) is 2.30. The van der Waals surface area contributed by atoms with Crippen LogP contribution in [0.25, 0.3) is 82.5 Å². The second-order valence-corrected chi connectivity index (χ2v) is 19.5. The Morgan fingerprint density at radius 2 is 1.27 bits per heavy atom. The summed E-state index contributed by atoms with van der Waals surface area (Å²) >= 11 is 0. The van der Waals surface area contributed by atoms with Gasteiger partial charge in [-0.25, -0.2) is 0 Å². The molecule has 0 fully saturated rings. The lowest BCUT2D eigenvalue weighted by molar-refractivity contribution is 0.332. The lowest BCUT2D eigenvalue weighted by Gasteiger charge is -2.42. The lowest BCUT2D eigenvalue weighted by Crippen LogP contribution is -2.37. The highest BCUT2D eigenvalue weighted by atomic mass is 16.3. The maximum absolute atomic E-state index is 6.54. The zero-order valence-corrected chi connectivity index (χ0v) is 34.8. The van der Waals surface area contributed by atoms with Crippen molar-refractivity contribution in [1.82, 2.24) is 4.57 Å². The van der Waals surface area contributed by atoms with Gasteiger partial charge in [0.15, 0.2) is 7.28 Å². The molecule has 1 aliphatic heterocycles. The minimum atomic E-state index is 0.0426. The molecular formula is C54H46BN2O2. The van der Waals surface area contributed by atoms with Crippen LogP contribution in [-0.4, -0.2) is 11.8 Å². The second-order valence-electron chi connectivity index (χ2n) is 19.5. The van der Waals surface area contributed by atoms with E-state index in [1.165, 1.54) is 55.0 Å². The first kappa shape index (κ1) is 34.8. The summed E-state index contributed by atoms with van der Waals surface area (Å²) in [5.41, 5.74) is 18.5. The van der Waals surface area contributed by atoms with Crippen LogP contribution in [0.2, 0.25) is 0 Å². The third-order valence-corrected chi connectivity index (χ3v) is 13.9. The van der Waals surface area contributed by atoms with E-state index in [1.807, 2.05) is 6.07 Å². The molecule has 4 heterocycles. The van der Waals surface area contributed by atoms with Crippen molar-refractivity contribution in [3.05, 3.63) is 138 Å². The first-order chi connectivity index (χ1) is 28.3. The van der Waals surface area contributed by atoms with E-state index in [1.54, 1.807) is 0 Å². The van der Waals surface area contributed by atoms with Crippen LogP contribution in [-0.2, 0) is 16.2 Å². The zero-order valence-electron chi connectivity index (χ0n) is 34.8. The van der Waals surface area contributed by atoms with Crippen LogP contribution >= 0.6 is 0 Å². The summed E-state index contributed by atoms with van der Waals surface area (Å²) in [6, 6.07) is 44.6. The molecule has 2 aliphatic rings. The minimum absolute atomic E-state index is 0.0426. The van der Waals surface area contributed by atoms with E-state index < -0.39 is 0 Å². The van der Waals surface area contributed by atoms with Crippen LogP contribution in [0.4, 0.5) is 11.4 Å². The molecule has 1 aliphatic carbocycles. The first-order valence-corrected chi connectivity index (χ1v) is 21.1. The smallest absolute Gasteiger partial charge is 0.197 e. The van der Waals surface area contributed by atoms with Gasteiger partial charge in [0.05, 0.1) is 5.52 Å². The standard InChI is InChI=1S/C54H46BN2O2/c1-52(2,3)30-16-18-31(19-17-30)56-41-28-39-38(53(4,5)24-25-54(39,6)7)26-36(41)33-20-21-35-48-42(22-23-46-49(48)34-13-9-11-15-45(34)58-46)57-43-29-47-37(27-40(43)55-50(33)51(35)57)32-12-8-10-14-44(32)59-47/h8-23,26-29,56H,24-25H2,1-7H3. The van der Waals surface area contributed by atoms with Crippen molar-refractivity contribution in [2.24, 2.45) is 0 Å². The van der Waals surface area contributed by atoms with Crippen molar-refractivity contribution < 1.29 is 8.83 Å². The fraction of sp³-hybridized carbons (Fsp3) is 0.222. The van der Waals surface area contributed by atoms with Gasteiger partial charge in [-0.2, -0.15) is 0 Å². The van der Waals surface area contributed by atoms with E-state index in [-0.39, 0.29) is 16.2 Å². The highest BCUT2D eigenvalue weighted by molar-refractivity contribution is 6.74. The van der Waals surface area contributed by atoms with Crippen LogP contribution in [0.15, 0.2) is 130 Å². The second kappa shape index (κ2) is 11.7. The Morgan fingerprint density at radius 1 is 0.593 bits per heavy atom. The summed E-state index contributed by atoms with van der Waals surface area (Å²) in [5.74, 6) is 0. The number of hydrogen-bond acceptors (Lipinski definition) is 3. The van der Waals surface area contributed by atoms with E-state index in [4.69, 9.17) is 8.83 Å². The monoisotopic (exact) mass is 765 g/mol. The third-order valence-electron chi connectivity index (χ3n) is 13.9. The van der Waals surface area contributed by atoms with Gasteiger partial charge in [-0.1, -0.05) is 121 Å². The van der Waals surface area contributed by atoms with Gasteiger partial charge in [-0.15, -0.1) is 0 Å². The molecule has 1 N–H and O–H groups in total. The number of nitrogens with zero attached hydrogens (tertiary/aromatic N) is 1. The van der Waals surface area contributed by atoms with E-state index >= 15 is 0 Å². The Kier molecular flexibility index (Phi) is 6.92. The van der Waals surface area contributed by atoms with Crippen molar-refractivity contribution in [2.75, 3.05) is 5.32 Å². The van der Waals surface area contributed by atoms with E-state index in [0.29, 0.717) is 0 Å². The van der Waals surface area contributed by atoms with Gasteiger partial charge in [-0.05, 0) is 105 Å². The molecular weight excluding hydrogens is 719 g/mol. The Labute approximate surface area is 345 Å². The number of furan rings is 2. The van der Waals surface area contributed by atoms with E-state index in [0.717, 1.165) is 79.3 Å². The molecule has 7 aromatic carbocycles. The molecule has 12 rings (SSSR count). The summed E-state index contributed by atoms with van der Waals surface area (Å²) in [6.45, 7) is 16.5. The predicted octanol–water partition coefficient (Wildman–Crippen LogP) is 13.6. The summed E-state index contributed by atoms with van der Waals surface area (Å²) in [5, 5.41) is 11.0. The van der Waals surface area contributed by atoms with Crippen LogP contribution in [0, 0.1) is 0 Å². The molecule has 1 radical (unpaired) electrons. The number of rotatable bonds is 3. The van der Waals surface area contributed by atoms with E-state index in [9.17, 15) is 0 Å². The molecule has 0 bridgehead atoms. The van der Waals surface area contributed by atoms with Crippen LogP contribution < -0.4 is 16.2 Å². The van der Waals surface area contributed by atoms with Crippen molar-refractivity contribution in [3.63, 3.8) is 0 Å². The van der Waals surface area contributed by atoms with Crippen LogP contribution in [0.5, 0.6) is 0 Å². The molecule has 3 aromatic heterocycles. The first-order valence-electron chi connectivity index (χ1n) is 21.1. The quantitative estimate of drug-likeness (QED) is 0.182. The average molecular weight is 766 g/mol. The number of aromatic nitrogens is 1. The molecule has 0 unspecified atom stereocenters. The van der Waals surface area contributed by atoms with Crippen molar-refractivity contribution in [2.45, 2.75) is 77.6 Å². The summed E-state index contributed by atoms with van der Waals surface area (Å²) in [4.78, 5) is 0. The van der Waals surface area contributed by atoms with Gasteiger partial charge >= 0.3 is 0 Å². The highest BCUT2D eigenvalue weighted by Crippen LogP contribution is 2.50.